The van der Waals surface area contributed by atoms with E-state index in [4.69, 9.17) is 5.11 Å². The van der Waals surface area contributed by atoms with Crippen molar-refractivity contribution in [3.05, 3.63) is 18.2 Å². The molecule has 4 heteroatoms. The van der Waals surface area contributed by atoms with E-state index in [1.165, 1.54) is 13.3 Å². The molecule has 1 aromatic heterocycles. The first-order chi connectivity index (χ1) is 4.75. The fourth-order valence-corrected chi connectivity index (χ4v) is 0.557. The smallest absolute Gasteiger partial charge is 0.209 e. The topological polar surface area (TPSA) is 42.4 Å². The van der Waals surface area contributed by atoms with Gasteiger partial charge in [-0.3, -0.25) is 4.98 Å². The Balaban J connectivity index is 3.14. The summed E-state index contributed by atoms with van der Waals surface area (Å²) in [4.78, 5) is 3.50. The third kappa shape index (κ3) is 1.00. The molecule has 54 valence electrons. The lowest BCUT2D eigenvalue weighted by molar-refractivity contribution is 0.361. The van der Waals surface area contributed by atoms with Gasteiger partial charge in [0.15, 0.2) is 11.5 Å². The number of nitrogens with zero attached hydrogens (tertiary/aromatic N) is 1. The second-order valence-electron chi connectivity index (χ2n) is 1.67. The zero-order valence-electron chi connectivity index (χ0n) is 5.34. The molecule has 0 spiro atoms. The molecule has 0 radical (unpaired) electrons. The number of aromatic nitrogens is 1. The van der Waals surface area contributed by atoms with E-state index in [0.29, 0.717) is 0 Å². The number of aromatic hydroxyl groups is 1. The van der Waals surface area contributed by atoms with Gasteiger partial charge in [0, 0.05) is 0 Å². The van der Waals surface area contributed by atoms with Crippen LogP contribution < -0.4 is 4.74 Å². The Labute approximate surface area is 57.1 Å². The van der Waals surface area contributed by atoms with Crippen LogP contribution in [0.2, 0.25) is 0 Å². The molecule has 0 aliphatic heterocycles. The van der Waals surface area contributed by atoms with Gasteiger partial charge >= 0.3 is 0 Å². The van der Waals surface area contributed by atoms with Crippen molar-refractivity contribution in [3.63, 3.8) is 0 Å². The van der Waals surface area contributed by atoms with E-state index in [9.17, 15) is 4.39 Å². The predicted octanol–water partition coefficient (Wildman–Crippen LogP) is 0.935. The van der Waals surface area contributed by atoms with Crippen LogP contribution in [0.15, 0.2) is 12.4 Å². The molecule has 3 nitrogen and oxygen atoms in total. The molecule has 10 heavy (non-hydrogen) atoms. The Morgan fingerprint density at radius 2 is 2.30 bits per heavy atom. The van der Waals surface area contributed by atoms with Crippen molar-refractivity contribution in [1.29, 1.82) is 0 Å². The molecular formula is C6H6FNO2. The molecule has 1 heterocycles. The number of rotatable bonds is 1. The van der Waals surface area contributed by atoms with Gasteiger partial charge in [-0.25, -0.2) is 0 Å². The summed E-state index contributed by atoms with van der Waals surface area (Å²) >= 11 is 0. The van der Waals surface area contributed by atoms with Gasteiger partial charge in [-0.2, -0.15) is 4.39 Å². The average Bonchev–Trinajstić information content (AvgIpc) is 1.95. The largest absolute Gasteiger partial charge is 0.504 e. The second kappa shape index (κ2) is 2.51. The van der Waals surface area contributed by atoms with Crippen molar-refractivity contribution in [2.45, 2.75) is 0 Å². The van der Waals surface area contributed by atoms with E-state index in [-0.39, 0.29) is 5.75 Å². The normalized spacial score (nSPS) is 9.40. The fraction of sp³-hybridized carbons (Fsp3) is 0.167. The molecule has 0 fully saturated rings. The molecule has 0 unspecified atom stereocenters. The van der Waals surface area contributed by atoms with E-state index < -0.39 is 11.6 Å². The zero-order valence-corrected chi connectivity index (χ0v) is 5.34. The van der Waals surface area contributed by atoms with E-state index in [1.807, 2.05) is 0 Å². The third-order valence-corrected chi connectivity index (χ3v) is 1.05. The quantitative estimate of drug-likeness (QED) is 0.636. The Morgan fingerprint density at radius 3 is 2.80 bits per heavy atom. The lowest BCUT2D eigenvalue weighted by atomic mass is 10.4. The summed E-state index contributed by atoms with van der Waals surface area (Å²) < 4.78 is 17.1. The van der Waals surface area contributed by atoms with Gasteiger partial charge in [0.25, 0.3) is 0 Å². The first-order valence-electron chi connectivity index (χ1n) is 2.62. The van der Waals surface area contributed by atoms with Crippen LogP contribution in [0.1, 0.15) is 0 Å². The van der Waals surface area contributed by atoms with Gasteiger partial charge in [0.05, 0.1) is 19.5 Å². The van der Waals surface area contributed by atoms with Gasteiger partial charge in [-0.15, -0.1) is 0 Å². The molecular weight excluding hydrogens is 137 g/mol. The lowest BCUT2D eigenvalue weighted by Gasteiger charge is -1.99. The number of ether oxygens (including phenoxy) is 1. The highest BCUT2D eigenvalue weighted by molar-refractivity contribution is 5.29. The van der Waals surface area contributed by atoms with Crippen LogP contribution in [-0.2, 0) is 0 Å². The van der Waals surface area contributed by atoms with Crippen LogP contribution in [0, 0.1) is 5.82 Å². The van der Waals surface area contributed by atoms with Crippen molar-refractivity contribution in [2.75, 3.05) is 7.11 Å². The summed E-state index contributed by atoms with van der Waals surface area (Å²) in [7, 11) is 1.31. The maximum atomic E-state index is 12.6. The van der Waals surface area contributed by atoms with Crippen molar-refractivity contribution in [1.82, 2.24) is 4.98 Å². The van der Waals surface area contributed by atoms with Gasteiger partial charge in [-0.05, 0) is 0 Å². The first-order valence-corrected chi connectivity index (χ1v) is 2.62. The van der Waals surface area contributed by atoms with Crippen molar-refractivity contribution < 1.29 is 14.2 Å². The minimum Gasteiger partial charge on any atom is -0.504 e. The number of halogens is 1. The molecule has 0 saturated heterocycles. The van der Waals surface area contributed by atoms with Crippen LogP contribution in [0.3, 0.4) is 0 Å². The van der Waals surface area contributed by atoms with Gasteiger partial charge in [0.1, 0.15) is 0 Å². The highest BCUT2D eigenvalue weighted by Crippen LogP contribution is 2.22. The monoisotopic (exact) mass is 143 g/mol. The fourth-order valence-electron chi connectivity index (χ4n) is 0.557. The molecule has 0 saturated carbocycles. The maximum Gasteiger partial charge on any atom is 0.209 e. The summed E-state index contributed by atoms with van der Waals surface area (Å²) in [6, 6.07) is 0. The van der Waals surface area contributed by atoms with Crippen LogP contribution >= 0.6 is 0 Å². The lowest BCUT2D eigenvalue weighted by Crippen LogP contribution is -1.88. The zero-order chi connectivity index (χ0) is 7.56. The standard InChI is InChI=1S/C6H6FNO2/c1-10-5-3-8-2-4(9)6(5)7/h2-3,9H,1H3. The SMILES string of the molecule is COc1cncc(O)c1F. The molecule has 0 aromatic carbocycles. The Hall–Kier alpha value is -1.32. The average molecular weight is 143 g/mol. The van der Waals surface area contributed by atoms with E-state index >= 15 is 0 Å². The second-order valence-corrected chi connectivity index (χ2v) is 1.67. The molecule has 0 amide bonds. The number of hydrogen-bond acceptors (Lipinski definition) is 3. The molecule has 0 bridgehead atoms. The summed E-state index contributed by atoms with van der Waals surface area (Å²) in [6.45, 7) is 0. The van der Waals surface area contributed by atoms with Gasteiger partial charge in [-0.1, -0.05) is 0 Å². The Kier molecular flexibility index (Phi) is 1.71. The summed E-state index contributed by atoms with van der Waals surface area (Å²) in [5.41, 5.74) is 0. The van der Waals surface area contributed by atoms with Crippen LogP contribution in [0.5, 0.6) is 11.5 Å². The minimum absolute atomic E-state index is 0.0556. The molecule has 0 aliphatic rings. The van der Waals surface area contributed by atoms with Crippen LogP contribution in [0.25, 0.3) is 0 Å². The molecule has 1 aromatic rings. The molecule has 1 rings (SSSR count). The van der Waals surface area contributed by atoms with E-state index in [0.717, 1.165) is 6.20 Å². The van der Waals surface area contributed by atoms with E-state index in [2.05, 4.69) is 9.72 Å². The number of methoxy groups -OCH3 is 1. The molecule has 0 atom stereocenters. The third-order valence-electron chi connectivity index (χ3n) is 1.05. The van der Waals surface area contributed by atoms with Gasteiger partial charge in [0.2, 0.25) is 5.82 Å². The van der Waals surface area contributed by atoms with Gasteiger partial charge < -0.3 is 9.84 Å². The van der Waals surface area contributed by atoms with Crippen molar-refractivity contribution in [3.8, 4) is 11.5 Å². The number of hydrogen-bond donors (Lipinski definition) is 1. The van der Waals surface area contributed by atoms with Crippen molar-refractivity contribution in [2.24, 2.45) is 0 Å². The molecule has 0 aliphatic carbocycles. The first kappa shape index (κ1) is 6.80. The number of pyridine rings is 1. The summed E-state index contributed by atoms with van der Waals surface area (Å²) in [5, 5.41) is 8.71. The maximum absolute atomic E-state index is 12.6. The molecule has 1 N–H and O–H groups in total. The Bertz CT molecular complexity index is 239. The summed E-state index contributed by atoms with van der Waals surface area (Å²) in [5.74, 6) is -1.34. The van der Waals surface area contributed by atoms with Crippen LogP contribution in [-0.4, -0.2) is 17.2 Å². The van der Waals surface area contributed by atoms with E-state index in [1.54, 1.807) is 0 Å². The van der Waals surface area contributed by atoms with Crippen LogP contribution in [0.4, 0.5) is 4.39 Å². The summed E-state index contributed by atoms with van der Waals surface area (Å²) in [6.07, 6.45) is 2.20. The van der Waals surface area contributed by atoms with Crippen molar-refractivity contribution >= 4 is 0 Å². The highest BCUT2D eigenvalue weighted by atomic mass is 19.1. The predicted molar refractivity (Wildman–Crippen MR) is 32.4 cm³/mol. The Morgan fingerprint density at radius 1 is 1.60 bits per heavy atom. The minimum atomic E-state index is -0.780. The highest BCUT2D eigenvalue weighted by Gasteiger charge is 2.06.